The monoisotopic (exact) mass is 410 g/mol. The molecule has 0 fully saturated rings. The predicted octanol–water partition coefficient (Wildman–Crippen LogP) is 3.62. The maximum atomic E-state index is 13.2. The molecule has 3 rings (SSSR count). The normalized spacial score (nSPS) is 16.6. The van der Waals surface area contributed by atoms with Gasteiger partial charge in [0, 0.05) is 18.8 Å². The number of benzene rings is 1. The predicted molar refractivity (Wildman–Crippen MR) is 99.6 cm³/mol. The van der Waals surface area contributed by atoms with Crippen molar-refractivity contribution in [3.8, 4) is 0 Å². The zero-order chi connectivity index (χ0) is 21.2. The smallest absolute Gasteiger partial charge is 0.325 e. The number of hydrogen-bond acceptors (Lipinski definition) is 4. The summed E-state index contributed by atoms with van der Waals surface area (Å²) < 4.78 is 54.2. The largest absolute Gasteiger partial charge is 0.416 e. The number of allylic oxidation sites excluding steroid dienone is 4. The summed E-state index contributed by atoms with van der Waals surface area (Å²) in [6.07, 6.45) is 0.0429. The molecule has 1 aromatic carbocycles. The first-order chi connectivity index (χ1) is 13.7. The van der Waals surface area contributed by atoms with E-state index in [1.807, 2.05) is 0 Å². The van der Waals surface area contributed by atoms with Gasteiger partial charge in [-0.05, 0) is 49.6 Å². The molecule has 1 atom stereocenters. The molecule has 0 saturated carbocycles. The Kier molecular flexibility index (Phi) is 5.71. The van der Waals surface area contributed by atoms with E-state index in [1.54, 1.807) is 13.0 Å². The lowest BCUT2D eigenvalue weighted by Gasteiger charge is -2.19. The van der Waals surface area contributed by atoms with Crippen LogP contribution in [0.2, 0.25) is 0 Å². The van der Waals surface area contributed by atoms with Gasteiger partial charge in [-0.2, -0.15) is 18.2 Å². The summed E-state index contributed by atoms with van der Waals surface area (Å²) >= 11 is 0. The number of nitrogens with one attached hydrogen (secondary N) is 1. The Balaban J connectivity index is 2.01. The summed E-state index contributed by atoms with van der Waals surface area (Å²) in [7, 11) is 0. The van der Waals surface area contributed by atoms with E-state index >= 15 is 0 Å². The number of anilines is 2. The molecule has 154 valence electrons. The first kappa shape index (κ1) is 20.6. The lowest BCUT2D eigenvalue weighted by atomic mass is 10.0. The zero-order valence-electron chi connectivity index (χ0n) is 15.4. The molecule has 1 aliphatic rings. The highest BCUT2D eigenvalue weighted by Crippen LogP contribution is 2.31. The summed E-state index contributed by atoms with van der Waals surface area (Å²) in [4.78, 5) is 28.7. The van der Waals surface area contributed by atoms with Crippen LogP contribution in [0, 0.1) is 5.92 Å². The molecule has 10 heteroatoms. The maximum absolute atomic E-state index is 13.2. The second kappa shape index (κ2) is 8.06. The van der Waals surface area contributed by atoms with Gasteiger partial charge in [-0.25, -0.2) is 18.5 Å². The fourth-order valence-electron chi connectivity index (χ4n) is 2.97. The lowest BCUT2D eigenvalue weighted by Crippen LogP contribution is -2.43. The number of rotatable bonds is 5. The van der Waals surface area contributed by atoms with Gasteiger partial charge < -0.3 is 5.32 Å². The van der Waals surface area contributed by atoms with Crippen molar-refractivity contribution in [3.05, 3.63) is 74.9 Å². The van der Waals surface area contributed by atoms with Crippen LogP contribution in [0.1, 0.15) is 18.9 Å². The molecule has 0 amide bonds. The van der Waals surface area contributed by atoms with Crippen molar-refractivity contribution in [1.82, 2.24) is 14.1 Å². The number of nitrogens with zero attached hydrogens (tertiary/aromatic N) is 3. The van der Waals surface area contributed by atoms with E-state index in [9.17, 15) is 27.2 Å². The number of hydrogen-bond donors (Lipinski definition) is 1. The Morgan fingerprint density at radius 1 is 1.24 bits per heavy atom. The molecular formula is C19H18F4N4O2. The topological polar surface area (TPSA) is 68.9 Å². The van der Waals surface area contributed by atoms with Crippen molar-refractivity contribution in [3.63, 3.8) is 0 Å². The van der Waals surface area contributed by atoms with Crippen LogP contribution in [0.25, 0.3) is 0 Å². The molecule has 0 aliphatic heterocycles. The highest BCUT2D eigenvalue weighted by atomic mass is 19.4. The van der Waals surface area contributed by atoms with Gasteiger partial charge in [-0.3, -0.25) is 4.57 Å². The van der Waals surface area contributed by atoms with Crippen LogP contribution in [-0.4, -0.2) is 14.1 Å². The number of alkyl halides is 3. The van der Waals surface area contributed by atoms with Crippen LogP contribution in [0.3, 0.4) is 0 Å². The Labute approximate surface area is 162 Å². The third-order valence-corrected chi connectivity index (χ3v) is 4.47. The fraction of sp³-hybridized carbons (Fsp3) is 0.316. The van der Waals surface area contributed by atoms with Gasteiger partial charge in [0.2, 0.25) is 5.95 Å². The van der Waals surface area contributed by atoms with Crippen molar-refractivity contribution in [1.29, 1.82) is 0 Å². The Morgan fingerprint density at radius 3 is 2.62 bits per heavy atom. The van der Waals surface area contributed by atoms with Gasteiger partial charge >= 0.3 is 17.6 Å². The van der Waals surface area contributed by atoms with E-state index in [0.29, 0.717) is 6.42 Å². The van der Waals surface area contributed by atoms with Crippen molar-refractivity contribution in [2.24, 2.45) is 5.92 Å². The standard InChI is InChI=1S/C19H18F4N4O2/c1-2-26-17(28)25-16(24-15-5-3-4-13(10-15)19(21,22)23)27(18(26)29)11-12-6-8-14(20)9-7-12/h3-6,8-10,12H,2,7,11H2,1H3,(H,24,25,28). The zero-order valence-corrected chi connectivity index (χ0v) is 15.4. The van der Waals surface area contributed by atoms with Crippen LogP contribution in [0.15, 0.2) is 57.9 Å². The van der Waals surface area contributed by atoms with Crippen LogP contribution in [-0.2, 0) is 19.3 Å². The summed E-state index contributed by atoms with van der Waals surface area (Å²) in [5.74, 6) is -0.793. The van der Waals surface area contributed by atoms with Gasteiger partial charge in [0.1, 0.15) is 5.83 Å². The maximum Gasteiger partial charge on any atom is 0.416 e. The second-order valence-electron chi connectivity index (χ2n) is 6.50. The molecule has 0 radical (unpaired) electrons. The molecule has 0 saturated heterocycles. The van der Waals surface area contributed by atoms with Crippen LogP contribution >= 0.6 is 0 Å². The molecule has 1 aromatic heterocycles. The van der Waals surface area contributed by atoms with E-state index in [-0.39, 0.29) is 36.5 Å². The third-order valence-electron chi connectivity index (χ3n) is 4.47. The second-order valence-corrected chi connectivity index (χ2v) is 6.50. The summed E-state index contributed by atoms with van der Waals surface area (Å²) in [5.41, 5.74) is -2.31. The van der Waals surface area contributed by atoms with E-state index < -0.39 is 23.1 Å². The summed E-state index contributed by atoms with van der Waals surface area (Å²) in [6, 6.07) is 4.35. The molecular weight excluding hydrogens is 392 g/mol. The van der Waals surface area contributed by atoms with E-state index in [0.717, 1.165) is 16.7 Å². The molecule has 29 heavy (non-hydrogen) atoms. The SMILES string of the molecule is CCn1c(=O)nc(Nc2cccc(C(F)(F)F)c2)n(CC2C=CC(F)=CC2)c1=O. The van der Waals surface area contributed by atoms with Crippen molar-refractivity contribution in [2.45, 2.75) is 32.6 Å². The highest BCUT2D eigenvalue weighted by molar-refractivity contribution is 5.54. The third kappa shape index (κ3) is 4.64. The minimum Gasteiger partial charge on any atom is -0.325 e. The van der Waals surface area contributed by atoms with Crippen LogP contribution < -0.4 is 16.7 Å². The molecule has 1 aliphatic carbocycles. The highest BCUT2D eigenvalue weighted by Gasteiger charge is 2.30. The summed E-state index contributed by atoms with van der Waals surface area (Å²) in [5, 5.41) is 2.64. The van der Waals surface area contributed by atoms with E-state index in [2.05, 4.69) is 10.3 Å². The van der Waals surface area contributed by atoms with Crippen LogP contribution in [0.5, 0.6) is 0 Å². The average Bonchev–Trinajstić information content (AvgIpc) is 2.66. The van der Waals surface area contributed by atoms with Gasteiger partial charge in [0.15, 0.2) is 0 Å². The Bertz CT molecular complexity index is 1080. The molecule has 1 unspecified atom stereocenters. The van der Waals surface area contributed by atoms with Gasteiger partial charge in [0.25, 0.3) is 0 Å². The molecule has 2 aromatic rings. The minimum absolute atomic E-state index is 0.0271. The van der Waals surface area contributed by atoms with Crippen molar-refractivity contribution < 1.29 is 17.6 Å². The van der Waals surface area contributed by atoms with Gasteiger partial charge in [-0.1, -0.05) is 12.1 Å². The van der Waals surface area contributed by atoms with E-state index in [4.69, 9.17) is 0 Å². The Hall–Kier alpha value is -3.17. The minimum atomic E-state index is -4.54. The first-order valence-electron chi connectivity index (χ1n) is 8.89. The van der Waals surface area contributed by atoms with Crippen molar-refractivity contribution in [2.75, 3.05) is 5.32 Å². The lowest BCUT2D eigenvalue weighted by molar-refractivity contribution is -0.137. The molecule has 0 spiro atoms. The number of aromatic nitrogens is 3. The first-order valence-corrected chi connectivity index (χ1v) is 8.89. The van der Waals surface area contributed by atoms with Gasteiger partial charge in [-0.15, -0.1) is 0 Å². The quantitative estimate of drug-likeness (QED) is 0.765. The fourth-order valence-corrected chi connectivity index (χ4v) is 2.97. The average molecular weight is 410 g/mol. The molecule has 0 bridgehead atoms. The molecule has 1 heterocycles. The number of halogens is 4. The molecule has 6 nitrogen and oxygen atoms in total. The van der Waals surface area contributed by atoms with E-state index in [1.165, 1.54) is 28.9 Å². The van der Waals surface area contributed by atoms with Crippen molar-refractivity contribution >= 4 is 11.6 Å². The van der Waals surface area contributed by atoms with Crippen LogP contribution in [0.4, 0.5) is 29.2 Å². The Morgan fingerprint density at radius 2 is 2.00 bits per heavy atom. The molecule has 1 N–H and O–H groups in total. The van der Waals surface area contributed by atoms with Gasteiger partial charge in [0.05, 0.1) is 5.56 Å². The summed E-state index contributed by atoms with van der Waals surface area (Å²) in [6.45, 7) is 1.77.